The molecule has 0 radical (unpaired) electrons. The Kier molecular flexibility index (Phi) is 19.8. The molecule has 23 aromatic rings. The Hall–Kier alpha value is -16.2. The molecule has 9 heteroatoms. The van der Waals surface area contributed by atoms with E-state index in [0.29, 0.717) is 0 Å². The quantitative estimate of drug-likeness (QED) is 0.128. The molecule has 0 saturated carbocycles. The van der Waals surface area contributed by atoms with Crippen LogP contribution in [0.2, 0.25) is 0 Å². The van der Waals surface area contributed by atoms with Crippen LogP contribution in [-0.2, 0) is 16.2 Å². The van der Waals surface area contributed by atoms with E-state index in [1.165, 1.54) is 136 Å². The van der Waals surface area contributed by atoms with Crippen LogP contribution in [-0.4, -0.2) is 39.0 Å². The third-order valence-electron chi connectivity index (χ3n) is 27.4. The molecule has 0 saturated heterocycles. The second-order valence-corrected chi connectivity index (χ2v) is 37.4. The van der Waals surface area contributed by atoms with E-state index in [4.69, 9.17) is 29.9 Å². The van der Waals surface area contributed by atoms with Crippen LogP contribution in [0.15, 0.2) is 425 Å². The van der Waals surface area contributed by atoms with E-state index in [0.717, 1.165) is 108 Å². The smallest absolute Gasteiger partial charge is 0.160 e. The van der Waals surface area contributed by atoms with Crippen molar-refractivity contribution in [3.63, 3.8) is 0 Å². The van der Waals surface area contributed by atoms with Gasteiger partial charge in [0.15, 0.2) is 17.5 Å². The second-order valence-electron chi connectivity index (χ2n) is 36.3. The Balaban J connectivity index is 0.000000113. The molecule has 133 heavy (non-hydrogen) atoms. The van der Waals surface area contributed by atoms with Gasteiger partial charge in [0.05, 0.1) is 56.2 Å². The lowest BCUT2D eigenvalue weighted by Crippen LogP contribution is -2.17. The van der Waals surface area contributed by atoms with E-state index in [9.17, 15) is 0 Å². The Morgan fingerprint density at radius 2 is 0.496 bits per heavy atom. The van der Waals surface area contributed by atoms with Crippen molar-refractivity contribution in [2.24, 2.45) is 0 Å². The summed E-state index contributed by atoms with van der Waals surface area (Å²) in [5.74, 6) is 2.27. The molecule has 0 fully saturated rings. The summed E-state index contributed by atoms with van der Waals surface area (Å²) in [6, 6.07) is 151. The van der Waals surface area contributed by atoms with E-state index in [1.807, 2.05) is 65.9 Å². The molecule has 17 aromatic carbocycles. The third kappa shape index (κ3) is 13.6. The molecule has 0 bridgehead atoms. The van der Waals surface area contributed by atoms with Crippen LogP contribution in [0.5, 0.6) is 0 Å². The predicted molar refractivity (Wildman–Crippen MR) is 556 cm³/mol. The van der Waals surface area contributed by atoms with Gasteiger partial charge in [-0.1, -0.05) is 407 Å². The predicted octanol–water partition coefficient (Wildman–Crippen LogP) is 32.5. The summed E-state index contributed by atoms with van der Waals surface area (Å²) in [7, 11) is 0. The minimum atomic E-state index is -0.286. The summed E-state index contributed by atoms with van der Waals surface area (Å²) in [4.78, 5) is 31.4. The molecular formula is C124H92N8S. The van der Waals surface area contributed by atoms with Gasteiger partial charge >= 0.3 is 0 Å². The van der Waals surface area contributed by atoms with Gasteiger partial charge < -0.3 is 9.13 Å². The number of hydrogen-bond donors (Lipinski definition) is 0. The van der Waals surface area contributed by atoms with Gasteiger partial charge in [-0.25, -0.2) is 29.9 Å². The molecule has 634 valence electrons. The van der Waals surface area contributed by atoms with Crippen molar-refractivity contribution in [2.75, 3.05) is 0 Å². The first-order valence-electron chi connectivity index (χ1n) is 45.4. The monoisotopic (exact) mass is 1720 g/mol. The number of para-hydroxylation sites is 4. The zero-order valence-corrected chi connectivity index (χ0v) is 74.7. The van der Waals surface area contributed by atoms with Gasteiger partial charge in [-0.15, -0.1) is 11.3 Å². The Labute approximate surface area is 778 Å². The molecule has 0 aliphatic heterocycles. The van der Waals surface area contributed by atoms with Crippen LogP contribution < -0.4 is 0 Å². The number of benzene rings is 17. The highest BCUT2D eigenvalue weighted by atomic mass is 32.1. The fourth-order valence-electron chi connectivity index (χ4n) is 21.1. The minimum absolute atomic E-state index is 0. The summed E-state index contributed by atoms with van der Waals surface area (Å²) < 4.78 is 7.42. The van der Waals surface area contributed by atoms with E-state index in [2.05, 4.69) is 421 Å². The highest BCUT2D eigenvalue weighted by Gasteiger charge is 2.44. The molecule has 3 aliphatic carbocycles. The molecule has 0 spiro atoms. The minimum Gasteiger partial charge on any atom is -0.309 e. The van der Waals surface area contributed by atoms with Gasteiger partial charge in [0.1, 0.15) is 0 Å². The zero-order chi connectivity index (χ0) is 88.5. The first-order chi connectivity index (χ1) is 64.7. The molecule has 26 rings (SSSR count). The van der Waals surface area contributed by atoms with Crippen LogP contribution in [0.1, 0.15) is 82.3 Å². The van der Waals surface area contributed by atoms with E-state index in [-0.39, 0.29) is 23.7 Å². The fraction of sp³-hybridized carbons (Fsp3) is 0.0806. The highest BCUT2D eigenvalue weighted by Crippen LogP contribution is 2.56. The van der Waals surface area contributed by atoms with Gasteiger partial charge in [0.25, 0.3) is 0 Å². The van der Waals surface area contributed by atoms with Crippen molar-refractivity contribution >= 4 is 75.1 Å². The Morgan fingerprint density at radius 3 is 0.955 bits per heavy atom. The first-order valence-corrected chi connectivity index (χ1v) is 46.2. The molecule has 3 aliphatic rings. The molecule has 0 atom stereocenters. The van der Waals surface area contributed by atoms with Crippen LogP contribution in [0.4, 0.5) is 0 Å². The van der Waals surface area contributed by atoms with Crippen LogP contribution >= 0.6 is 11.3 Å². The number of aromatic nitrogens is 8. The number of nitrogens with zero attached hydrogens (tertiary/aromatic N) is 8. The second kappa shape index (κ2) is 32.5. The van der Waals surface area contributed by atoms with Crippen molar-refractivity contribution in [3.05, 3.63) is 458 Å². The SMILES string of the molecule is C.CC1(C)c2cc(-c3cccc(-n4c5ccccc5c5ccccc54)c3)ccc2-c2nc(-c3ccccc3)nc(-c3ccccc3)c21.CC1(C)c2ccccc2-c2nc(-c3ccccc3)nc(-c3ccc(-c4cccc5c4sc4ccccc45)cc3)c21.CC1(C)c2ccccc2-c2nc(-c3ccccc3)nc(-c3cccc(-c4cccc(-n5c6ccccc6c6ccccc65)c4)c3)c21. The molecule has 0 amide bonds. The van der Waals surface area contributed by atoms with Gasteiger partial charge in [0.2, 0.25) is 0 Å². The Morgan fingerprint density at radius 1 is 0.203 bits per heavy atom. The number of hydrogen-bond acceptors (Lipinski definition) is 7. The summed E-state index contributed by atoms with van der Waals surface area (Å²) in [6.45, 7) is 13.8. The maximum absolute atomic E-state index is 5.31. The lowest BCUT2D eigenvalue weighted by molar-refractivity contribution is 0.657. The van der Waals surface area contributed by atoms with Crippen LogP contribution in [0.3, 0.4) is 0 Å². The number of rotatable bonds is 11. The van der Waals surface area contributed by atoms with Crippen molar-refractivity contribution < 1.29 is 0 Å². The van der Waals surface area contributed by atoms with E-state index in [1.54, 1.807) is 0 Å². The maximum Gasteiger partial charge on any atom is 0.160 e. The van der Waals surface area contributed by atoms with E-state index < -0.39 is 0 Å². The molecule has 6 heterocycles. The normalized spacial score (nSPS) is 13.2. The highest BCUT2D eigenvalue weighted by molar-refractivity contribution is 7.26. The van der Waals surface area contributed by atoms with Gasteiger partial charge in [0, 0.05) is 136 Å². The maximum atomic E-state index is 5.31. The standard InChI is InChI=1S/2C43H31N3.C37H26N2S.CH4/c1-43(2)36-27-31(30-18-13-19-32(26-30)46-37-22-11-9-20-33(37)34-21-10-12-23-38(34)46)24-25-35(36)41-39(43)40(28-14-5-3-6-15-28)44-42(45-41)29-16-7-4-8-17-29;1-43(2)36-23-9-6-22-35(36)41-39(43)40(44-42(45-41)28-14-4-3-5-15-28)31-18-12-16-29(26-31)30-17-13-19-32(27-30)46-37-24-10-7-20-33(37)34-21-8-11-25-38(34)46;1-37(2)30-17-8-6-14-29(30)34-32(37)33(38-36(39-34)25-11-4-3-5-12-25)24-21-19-23(20-22-24)26-15-10-16-28-27-13-7-9-18-31(27)40-35(26)28;/h2*3-27H,1-2H3;3-22H,1-2H3;1H4. The first kappa shape index (κ1) is 81.3. The van der Waals surface area contributed by atoms with Crippen molar-refractivity contribution in [2.45, 2.75) is 65.2 Å². The number of thiophene rings is 1. The lowest BCUT2D eigenvalue weighted by Gasteiger charge is -2.24. The summed E-state index contributed by atoms with van der Waals surface area (Å²) >= 11 is 1.87. The van der Waals surface area contributed by atoms with Gasteiger partial charge in [-0.3, -0.25) is 0 Å². The fourth-order valence-corrected chi connectivity index (χ4v) is 22.4. The topological polar surface area (TPSA) is 87.2 Å². The van der Waals surface area contributed by atoms with Crippen molar-refractivity contribution in [1.29, 1.82) is 0 Å². The van der Waals surface area contributed by atoms with Crippen LogP contribution in [0, 0.1) is 0 Å². The average Bonchev–Trinajstić information content (AvgIpc) is 1.56. The largest absolute Gasteiger partial charge is 0.309 e. The van der Waals surface area contributed by atoms with Crippen molar-refractivity contribution in [1.82, 2.24) is 39.0 Å². The third-order valence-corrected chi connectivity index (χ3v) is 28.7. The lowest BCUT2D eigenvalue weighted by atomic mass is 9.80. The molecule has 0 N–H and O–H groups in total. The Bertz CT molecular complexity index is 8430. The van der Waals surface area contributed by atoms with Gasteiger partial charge in [-0.05, 0) is 117 Å². The average molecular weight is 1730 g/mol. The molecular weight excluding hydrogens is 1630 g/mol. The van der Waals surface area contributed by atoms with E-state index >= 15 is 0 Å². The summed E-state index contributed by atoms with van der Waals surface area (Å²) in [6.07, 6.45) is 0. The molecule has 6 aromatic heterocycles. The molecule has 0 unspecified atom stereocenters. The zero-order valence-electron chi connectivity index (χ0n) is 73.9. The van der Waals surface area contributed by atoms with Crippen molar-refractivity contribution in [3.8, 4) is 146 Å². The summed E-state index contributed by atoms with van der Waals surface area (Å²) in [5, 5.41) is 7.72. The number of fused-ring (bicyclic) bond motifs is 18. The summed E-state index contributed by atoms with van der Waals surface area (Å²) in [5.41, 5.74) is 37.1. The van der Waals surface area contributed by atoms with Gasteiger partial charge in [-0.2, -0.15) is 0 Å². The van der Waals surface area contributed by atoms with Crippen LogP contribution in [0.25, 0.3) is 210 Å². The molecule has 8 nitrogen and oxygen atoms in total.